The number of rotatable bonds is 3. The zero-order valence-electron chi connectivity index (χ0n) is 14.3. The SMILES string of the molecule is CCNC(=O)Nc1ccccc1[C@H]1CN(C)Cc2c(Cl)cc(Cl)cc21. The first-order valence-corrected chi connectivity index (χ1v) is 9.05. The Bertz CT molecular complexity index is 794. The first-order valence-electron chi connectivity index (χ1n) is 8.29. The van der Waals surface area contributed by atoms with Crippen LogP contribution in [0.25, 0.3) is 0 Å². The van der Waals surface area contributed by atoms with E-state index in [4.69, 9.17) is 23.2 Å². The highest BCUT2D eigenvalue weighted by molar-refractivity contribution is 6.35. The van der Waals surface area contributed by atoms with Crippen LogP contribution in [0.1, 0.15) is 29.5 Å². The van der Waals surface area contributed by atoms with Crippen LogP contribution in [0.3, 0.4) is 0 Å². The zero-order valence-corrected chi connectivity index (χ0v) is 15.8. The van der Waals surface area contributed by atoms with Crippen LogP contribution >= 0.6 is 23.2 Å². The lowest BCUT2D eigenvalue weighted by Crippen LogP contribution is -2.33. The molecule has 1 aliphatic heterocycles. The van der Waals surface area contributed by atoms with Crippen molar-refractivity contribution in [2.45, 2.75) is 19.4 Å². The molecule has 0 radical (unpaired) electrons. The highest BCUT2D eigenvalue weighted by Crippen LogP contribution is 2.40. The van der Waals surface area contributed by atoms with E-state index in [1.165, 1.54) is 0 Å². The third-order valence-corrected chi connectivity index (χ3v) is 4.97. The summed E-state index contributed by atoms with van der Waals surface area (Å²) >= 11 is 12.7. The molecule has 1 aliphatic rings. The maximum absolute atomic E-state index is 12.0. The second-order valence-corrected chi connectivity index (χ2v) is 7.12. The van der Waals surface area contributed by atoms with Gasteiger partial charge in [-0.05, 0) is 48.9 Å². The molecule has 0 saturated heterocycles. The molecule has 0 saturated carbocycles. The van der Waals surface area contributed by atoms with Gasteiger partial charge in [0, 0.05) is 41.3 Å². The average Bonchev–Trinajstić information content (AvgIpc) is 2.56. The Kier molecular flexibility index (Phi) is 5.52. The van der Waals surface area contributed by atoms with Gasteiger partial charge in [-0.2, -0.15) is 0 Å². The fourth-order valence-electron chi connectivity index (χ4n) is 3.35. The largest absolute Gasteiger partial charge is 0.338 e. The normalized spacial score (nSPS) is 17.0. The van der Waals surface area contributed by atoms with Gasteiger partial charge in [-0.15, -0.1) is 0 Å². The monoisotopic (exact) mass is 377 g/mol. The highest BCUT2D eigenvalue weighted by Gasteiger charge is 2.28. The fourth-order valence-corrected chi connectivity index (χ4v) is 3.92. The molecule has 0 aliphatic carbocycles. The molecular weight excluding hydrogens is 357 g/mol. The van der Waals surface area contributed by atoms with Gasteiger partial charge in [0.2, 0.25) is 0 Å². The summed E-state index contributed by atoms with van der Waals surface area (Å²) in [6, 6.07) is 11.4. The second kappa shape index (κ2) is 7.65. The second-order valence-electron chi connectivity index (χ2n) is 6.28. The van der Waals surface area contributed by atoms with Gasteiger partial charge in [0.25, 0.3) is 0 Å². The Morgan fingerprint density at radius 3 is 2.76 bits per heavy atom. The summed E-state index contributed by atoms with van der Waals surface area (Å²) in [7, 11) is 2.07. The summed E-state index contributed by atoms with van der Waals surface area (Å²) in [5, 5.41) is 7.04. The van der Waals surface area contributed by atoms with Gasteiger partial charge >= 0.3 is 6.03 Å². The molecule has 0 fully saturated rings. The Hall–Kier alpha value is -1.75. The first-order chi connectivity index (χ1) is 12.0. The number of amides is 2. The summed E-state index contributed by atoms with van der Waals surface area (Å²) < 4.78 is 0. The molecular formula is C19H21Cl2N3O. The molecule has 2 amide bonds. The minimum Gasteiger partial charge on any atom is -0.338 e. The topological polar surface area (TPSA) is 44.4 Å². The number of hydrogen-bond donors (Lipinski definition) is 2. The molecule has 2 aromatic rings. The Balaban J connectivity index is 2.05. The van der Waals surface area contributed by atoms with Crippen LogP contribution in [-0.4, -0.2) is 31.1 Å². The predicted octanol–water partition coefficient (Wildman–Crippen LogP) is 4.71. The van der Waals surface area contributed by atoms with Crippen molar-refractivity contribution in [1.82, 2.24) is 10.2 Å². The molecule has 4 nitrogen and oxygen atoms in total. The number of carbonyl (C=O) groups excluding carboxylic acids is 1. The number of fused-ring (bicyclic) bond motifs is 1. The van der Waals surface area contributed by atoms with Gasteiger partial charge in [0.15, 0.2) is 0 Å². The van der Waals surface area contributed by atoms with Crippen LogP contribution in [0.4, 0.5) is 10.5 Å². The third-order valence-electron chi connectivity index (χ3n) is 4.41. The standard InChI is InChI=1S/C19H21Cl2N3O/c1-3-22-19(25)23-18-7-5-4-6-13(18)15-10-24(2)11-16-14(15)8-12(20)9-17(16)21/h4-9,15H,3,10-11H2,1-2H3,(H2,22,23,25)/t15-/m1/s1. The maximum atomic E-state index is 12.0. The number of nitrogens with zero attached hydrogens (tertiary/aromatic N) is 1. The number of nitrogens with one attached hydrogen (secondary N) is 2. The molecule has 2 N–H and O–H groups in total. The zero-order chi connectivity index (χ0) is 18.0. The van der Waals surface area contributed by atoms with Crippen LogP contribution in [0.5, 0.6) is 0 Å². The van der Waals surface area contributed by atoms with E-state index in [2.05, 4.69) is 22.6 Å². The number of anilines is 1. The van der Waals surface area contributed by atoms with Crippen LogP contribution in [0, 0.1) is 0 Å². The smallest absolute Gasteiger partial charge is 0.319 e. The van der Waals surface area contributed by atoms with Crippen molar-refractivity contribution in [2.24, 2.45) is 0 Å². The summed E-state index contributed by atoms with van der Waals surface area (Å²) in [6.07, 6.45) is 0. The van der Waals surface area contributed by atoms with Crippen LogP contribution in [0.2, 0.25) is 10.0 Å². The van der Waals surface area contributed by atoms with Crippen molar-refractivity contribution in [3.63, 3.8) is 0 Å². The summed E-state index contributed by atoms with van der Waals surface area (Å²) in [6.45, 7) is 4.08. The molecule has 0 unspecified atom stereocenters. The van der Waals surface area contributed by atoms with E-state index in [1.807, 2.05) is 37.3 Å². The number of likely N-dealkylation sites (N-methyl/N-ethyl adjacent to an activating group) is 1. The van der Waals surface area contributed by atoms with Crippen molar-refractivity contribution in [3.05, 3.63) is 63.1 Å². The lowest BCUT2D eigenvalue weighted by atomic mass is 9.84. The van der Waals surface area contributed by atoms with Gasteiger partial charge in [0.1, 0.15) is 0 Å². The molecule has 25 heavy (non-hydrogen) atoms. The average molecular weight is 378 g/mol. The molecule has 132 valence electrons. The van der Waals surface area contributed by atoms with Crippen molar-refractivity contribution >= 4 is 34.9 Å². The minimum absolute atomic E-state index is 0.0862. The van der Waals surface area contributed by atoms with Gasteiger partial charge in [-0.1, -0.05) is 41.4 Å². The summed E-state index contributed by atoms with van der Waals surface area (Å²) in [5.41, 5.74) is 4.08. The number of carbonyl (C=O) groups is 1. The van der Waals surface area contributed by atoms with Crippen molar-refractivity contribution in [1.29, 1.82) is 0 Å². The van der Waals surface area contributed by atoms with E-state index in [1.54, 1.807) is 6.07 Å². The molecule has 0 spiro atoms. The lowest BCUT2D eigenvalue weighted by molar-refractivity contribution is 0.252. The fraction of sp³-hybridized carbons (Fsp3) is 0.316. The van der Waals surface area contributed by atoms with Gasteiger partial charge in [-0.25, -0.2) is 4.79 Å². The predicted molar refractivity (Wildman–Crippen MR) is 104 cm³/mol. The first kappa shape index (κ1) is 18.1. The lowest BCUT2D eigenvalue weighted by Gasteiger charge is -2.34. The molecule has 1 atom stereocenters. The van der Waals surface area contributed by atoms with E-state index in [9.17, 15) is 4.79 Å². The Morgan fingerprint density at radius 2 is 2.00 bits per heavy atom. The van der Waals surface area contributed by atoms with E-state index in [0.29, 0.717) is 16.6 Å². The molecule has 1 heterocycles. The number of halogens is 2. The van der Waals surface area contributed by atoms with E-state index < -0.39 is 0 Å². The van der Waals surface area contributed by atoms with E-state index >= 15 is 0 Å². The Morgan fingerprint density at radius 1 is 1.24 bits per heavy atom. The van der Waals surface area contributed by atoms with Crippen LogP contribution in [0.15, 0.2) is 36.4 Å². The van der Waals surface area contributed by atoms with Crippen LogP contribution < -0.4 is 10.6 Å². The van der Waals surface area contributed by atoms with Gasteiger partial charge < -0.3 is 15.5 Å². The maximum Gasteiger partial charge on any atom is 0.319 e. The van der Waals surface area contributed by atoms with Gasteiger partial charge in [0.05, 0.1) is 0 Å². The molecule has 6 heteroatoms. The molecule has 3 rings (SSSR count). The minimum atomic E-state index is -0.205. The quantitative estimate of drug-likeness (QED) is 0.812. The molecule has 0 bridgehead atoms. The third kappa shape index (κ3) is 3.92. The van der Waals surface area contributed by atoms with Crippen molar-refractivity contribution in [2.75, 3.05) is 25.5 Å². The van der Waals surface area contributed by atoms with Crippen molar-refractivity contribution in [3.8, 4) is 0 Å². The van der Waals surface area contributed by atoms with Gasteiger partial charge in [-0.3, -0.25) is 0 Å². The van der Waals surface area contributed by atoms with E-state index in [0.717, 1.165) is 35.5 Å². The van der Waals surface area contributed by atoms with Crippen LogP contribution in [-0.2, 0) is 6.54 Å². The summed E-state index contributed by atoms with van der Waals surface area (Å²) in [4.78, 5) is 14.2. The molecule has 0 aromatic heterocycles. The highest BCUT2D eigenvalue weighted by atomic mass is 35.5. The number of urea groups is 1. The Labute approximate surface area is 158 Å². The summed E-state index contributed by atoms with van der Waals surface area (Å²) in [5.74, 6) is 0.0862. The van der Waals surface area contributed by atoms with E-state index in [-0.39, 0.29) is 11.9 Å². The number of benzene rings is 2. The number of hydrogen-bond acceptors (Lipinski definition) is 2. The number of para-hydroxylation sites is 1. The molecule has 2 aromatic carbocycles. The van der Waals surface area contributed by atoms with Crippen molar-refractivity contribution < 1.29 is 4.79 Å².